The second-order valence-corrected chi connectivity index (χ2v) is 9.26. The molecule has 0 spiro atoms. The Hall–Kier alpha value is -2.09. The Morgan fingerprint density at radius 3 is 2.43 bits per heavy atom. The van der Waals surface area contributed by atoms with Crippen LogP contribution in [0.4, 0.5) is 0 Å². The molecule has 2 aliphatic heterocycles. The lowest BCUT2D eigenvalue weighted by molar-refractivity contribution is 0.0666. The van der Waals surface area contributed by atoms with Crippen LogP contribution in [0.15, 0.2) is 53.4 Å². The van der Waals surface area contributed by atoms with E-state index in [0.29, 0.717) is 23.0 Å². The Kier molecular flexibility index (Phi) is 5.57. The van der Waals surface area contributed by atoms with Crippen LogP contribution in [0, 0.1) is 6.92 Å². The first-order chi connectivity index (χ1) is 13.5. The molecule has 1 unspecified atom stereocenters. The number of nitrogens with zero attached hydrogens (tertiary/aromatic N) is 1. The van der Waals surface area contributed by atoms with Crippen molar-refractivity contribution in [3.63, 3.8) is 0 Å². The zero-order valence-corrected chi connectivity index (χ0v) is 16.8. The van der Waals surface area contributed by atoms with Gasteiger partial charge in [0.25, 0.3) is 0 Å². The van der Waals surface area contributed by atoms with Crippen molar-refractivity contribution in [2.24, 2.45) is 0 Å². The fraction of sp³-hybridized carbons (Fsp3) is 0.429. The summed E-state index contributed by atoms with van der Waals surface area (Å²) in [5.74, 6) is 1.37. The predicted octanol–water partition coefficient (Wildman–Crippen LogP) is 2.58. The van der Waals surface area contributed by atoms with Gasteiger partial charge < -0.3 is 14.8 Å². The van der Waals surface area contributed by atoms with Gasteiger partial charge in [-0.15, -0.1) is 0 Å². The average molecular weight is 403 g/mol. The van der Waals surface area contributed by atoms with Crippen molar-refractivity contribution in [1.29, 1.82) is 0 Å². The van der Waals surface area contributed by atoms with Crippen LogP contribution in [0.3, 0.4) is 0 Å². The summed E-state index contributed by atoms with van der Waals surface area (Å²) in [4.78, 5) is 0.328. The Labute approximate surface area is 166 Å². The van der Waals surface area contributed by atoms with Crippen molar-refractivity contribution in [3.8, 4) is 11.5 Å². The van der Waals surface area contributed by atoms with Crippen LogP contribution in [-0.4, -0.2) is 51.1 Å². The summed E-state index contributed by atoms with van der Waals surface area (Å²) in [6.07, 6.45) is 1.23. The van der Waals surface area contributed by atoms with E-state index in [-0.39, 0.29) is 18.7 Å². The summed E-state index contributed by atoms with van der Waals surface area (Å²) < 4.78 is 40.4. The van der Waals surface area contributed by atoms with Crippen molar-refractivity contribution in [1.82, 2.24) is 9.62 Å². The summed E-state index contributed by atoms with van der Waals surface area (Å²) in [5, 5.41) is 3.31. The highest BCUT2D eigenvalue weighted by atomic mass is 32.2. The van der Waals surface area contributed by atoms with Crippen molar-refractivity contribution < 1.29 is 17.9 Å². The highest BCUT2D eigenvalue weighted by molar-refractivity contribution is 7.89. The van der Waals surface area contributed by atoms with E-state index in [2.05, 4.69) is 5.32 Å². The number of aryl methyl sites for hydroxylation is 1. The summed E-state index contributed by atoms with van der Waals surface area (Å²) in [7, 11) is -3.62. The zero-order chi connectivity index (χ0) is 19.6. The Morgan fingerprint density at radius 1 is 1.04 bits per heavy atom. The van der Waals surface area contributed by atoms with Crippen LogP contribution in [0.2, 0.25) is 0 Å². The minimum atomic E-state index is -3.62. The predicted molar refractivity (Wildman–Crippen MR) is 107 cm³/mol. The second-order valence-electron chi connectivity index (χ2n) is 7.37. The third kappa shape index (κ3) is 4.01. The number of benzene rings is 2. The first kappa shape index (κ1) is 19.2. The number of rotatable bonds is 5. The van der Waals surface area contributed by atoms with E-state index in [1.165, 1.54) is 0 Å². The Bertz CT molecular complexity index is 908. The molecule has 2 aromatic rings. The molecule has 1 fully saturated rings. The number of hydrogen-bond donors (Lipinski definition) is 1. The standard InChI is InChI=1S/C21H26N2O4S/c1-16-6-8-19(9-7-16)28(24,25)23(17-10-12-22-13-11-17)14-18-15-26-20-4-2-3-5-21(20)27-18/h2-9,17-18,22H,10-15H2,1H3. The molecular weight excluding hydrogens is 376 g/mol. The molecule has 2 aromatic carbocycles. The van der Waals surface area contributed by atoms with Gasteiger partial charge in [-0.1, -0.05) is 29.8 Å². The molecule has 7 heteroatoms. The van der Waals surface area contributed by atoms with E-state index in [1.807, 2.05) is 43.3 Å². The molecular formula is C21H26N2O4S. The molecule has 1 saturated heterocycles. The maximum Gasteiger partial charge on any atom is 0.243 e. The zero-order valence-electron chi connectivity index (χ0n) is 16.0. The summed E-state index contributed by atoms with van der Waals surface area (Å²) in [5.41, 5.74) is 1.04. The van der Waals surface area contributed by atoms with Gasteiger partial charge in [0.1, 0.15) is 12.7 Å². The minimum absolute atomic E-state index is 0.0478. The average Bonchev–Trinajstić information content (AvgIpc) is 2.73. The van der Waals surface area contributed by atoms with Gasteiger partial charge in [0.15, 0.2) is 11.5 Å². The molecule has 0 bridgehead atoms. The van der Waals surface area contributed by atoms with Gasteiger partial charge in [0, 0.05) is 6.04 Å². The van der Waals surface area contributed by atoms with Crippen LogP contribution < -0.4 is 14.8 Å². The van der Waals surface area contributed by atoms with Crippen LogP contribution in [-0.2, 0) is 10.0 Å². The smallest absolute Gasteiger partial charge is 0.243 e. The van der Waals surface area contributed by atoms with Gasteiger partial charge in [0.2, 0.25) is 10.0 Å². The van der Waals surface area contributed by atoms with E-state index in [9.17, 15) is 8.42 Å². The first-order valence-electron chi connectivity index (χ1n) is 9.72. The van der Waals surface area contributed by atoms with Crippen LogP contribution >= 0.6 is 0 Å². The van der Waals surface area contributed by atoms with Gasteiger partial charge in [-0.05, 0) is 57.1 Å². The second kappa shape index (κ2) is 8.11. The number of hydrogen-bond acceptors (Lipinski definition) is 5. The molecule has 1 N–H and O–H groups in total. The van der Waals surface area contributed by atoms with Crippen molar-refractivity contribution in [2.45, 2.75) is 36.8 Å². The highest BCUT2D eigenvalue weighted by Gasteiger charge is 2.36. The lowest BCUT2D eigenvalue weighted by Crippen LogP contribution is -2.51. The normalized spacial score (nSPS) is 20.3. The Balaban J connectivity index is 1.60. The molecule has 6 nitrogen and oxygen atoms in total. The van der Waals surface area contributed by atoms with Crippen LogP contribution in [0.1, 0.15) is 18.4 Å². The SMILES string of the molecule is Cc1ccc(S(=O)(=O)N(CC2COc3ccccc3O2)C2CCNCC2)cc1. The molecule has 2 heterocycles. The van der Waals surface area contributed by atoms with E-state index in [4.69, 9.17) is 9.47 Å². The van der Waals surface area contributed by atoms with Gasteiger partial charge >= 0.3 is 0 Å². The molecule has 0 radical (unpaired) electrons. The molecule has 0 aliphatic carbocycles. The van der Waals surface area contributed by atoms with E-state index >= 15 is 0 Å². The fourth-order valence-corrected chi connectivity index (χ4v) is 5.45. The maximum atomic E-state index is 13.5. The van der Waals surface area contributed by atoms with E-state index < -0.39 is 10.0 Å². The van der Waals surface area contributed by atoms with Gasteiger partial charge in [-0.2, -0.15) is 4.31 Å². The van der Waals surface area contributed by atoms with Crippen LogP contribution in [0.25, 0.3) is 0 Å². The van der Waals surface area contributed by atoms with E-state index in [1.54, 1.807) is 16.4 Å². The van der Waals surface area contributed by atoms with Crippen molar-refractivity contribution in [2.75, 3.05) is 26.2 Å². The molecule has 1 atom stereocenters. The van der Waals surface area contributed by atoms with Crippen LogP contribution in [0.5, 0.6) is 11.5 Å². The lowest BCUT2D eigenvalue weighted by atomic mass is 10.1. The number of nitrogens with one attached hydrogen (secondary N) is 1. The highest BCUT2D eigenvalue weighted by Crippen LogP contribution is 2.32. The summed E-state index contributed by atoms with van der Waals surface area (Å²) >= 11 is 0. The molecule has 0 aromatic heterocycles. The number of piperidine rings is 1. The fourth-order valence-electron chi connectivity index (χ4n) is 3.74. The lowest BCUT2D eigenvalue weighted by Gasteiger charge is -2.37. The first-order valence-corrected chi connectivity index (χ1v) is 11.2. The number of fused-ring (bicyclic) bond motifs is 1. The Morgan fingerprint density at radius 2 is 1.71 bits per heavy atom. The third-order valence-corrected chi connectivity index (χ3v) is 7.23. The van der Waals surface area contributed by atoms with Crippen molar-refractivity contribution >= 4 is 10.0 Å². The largest absolute Gasteiger partial charge is 0.486 e. The monoisotopic (exact) mass is 402 g/mol. The minimum Gasteiger partial charge on any atom is -0.486 e. The summed E-state index contributed by atoms with van der Waals surface area (Å²) in [6, 6.07) is 14.5. The number of para-hydroxylation sites is 2. The molecule has 2 aliphatic rings. The third-order valence-electron chi connectivity index (χ3n) is 5.29. The van der Waals surface area contributed by atoms with Crippen molar-refractivity contribution in [3.05, 3.63) is 54.1 Å². The quantitative estimate of drug-likeness (QED) is 0.833. The number of sulfonamides is 1. The van der Waals surface area contributed by atoms with Gasteiger partial charge in [0.05, 0.1) is 11.4 Å². The van der Waals surface area contributed by atoms with Gasteiger partial charge in [-0.3, -0.25) is 0 Å². The molecule has 28 heavy (non-hydrogen) atoms. The number of ether oxygens (including phenoxy) is 2. The van der Waals surface area contributed by atoms with E-state index in [0.717, 1.165) is 31.5 Å². The summed E-state index contributed by atoms with van der Waals surface area (Å²) in [6.45, 7) is 4.19. The topological polar surface area (TPSA) is 67.9 Å². The maximum absolute atomic E-state index is 13.5. The van der Waals surface area contributed by atoms with Gasteiger partial charge in [-0.25, -0.2) is 8.42 Å². The molecule has 150 valence electrons. The molecule has 0 saturated carbocycles. The molecule has 4 rings (SSSR count). The molecule has 0 amide bonds.